The van der Waals surface area contributed by atoms with Crippen LogP contribution in [0, 0.1) is 0 Å². The van der Waals surface area contributed by atoms with Gasteiger partial charge < -0.3 is 9.13 Å². The lowest BCUT2D eigenvalue weighted by molar-refractivity contribution is 1.18. The fraction of sp³-hybridized carbons (Fsp3) is 0. The molecular formula is C54H36N2. The van der Waals surface area contributed by atoms with Gasteiger partial charge >= 0.3 is 0 Å². The van der Waals surface area contributed by atoms with Gasteiger partial charge in [0, 0.05) is 32.9 Å². The zero-order valence-electron chi connectivity index (χ0n) is 37.1. The topological polar surface area (TPSA) is 9.86 Å². The van der Waals surface area contributed by atoms with Crippen LogP contribution >= 0.6 is 0 Å². The third-order valence-electron chi connectivity index (χ3n) is 10.8. The predicted octanol–water partition coefficient (Wildman–Crippen LogP) is 14.5. The molecule has 0 saturated carbocycles. The molecule has 0 spiro atoms. The van der Waals surface area contributed by atoms with Crippen molar-refractivity contribution < 1.29 is 9.60 Å². The molecule has 0 aliphatic carbocycles. The lowest BCUT2D eigenvalue weighted by atomic mass is 9.97. The van der Waals surface area contributed by atoms with Crippen LogP contribution in [0.1, 0.15) is 9.60 Å². The van der Waals surface area contributed by atoms with Crippen LogP contribution in [0.2, 0.25) is 0 Å². The van der Waals surface area contributed by atoms with E-state index in [2.05, 4.69) is 71.3 Å². The van der Waals surface area contributed by atoms with E-state index in [1.165, 1.54) is 0 Å². The first kappa shape index (κ1) is 25.6. The molecule has 0 saturated heterocycles. The van der Waals surface area contributed by atoms with Gasteiger partial charge in [-0.25, -0.2) is 0 Å². The van der Waals surface area contributed by atoms with E-state index in [-0.39, 0.29) is 57.6 Å². The predicted molar refractivity (Wildman–Crippen MR) is 237 cm³/mol. The highest BCUT2D eigenvalue weighted by atomic mass is 15.0. The van der Waals surface area contributed by atoms with Crippen molar-refractivity contribution in [3.05, 3.63) is 218 Å². The molecule has 2 heteroatoms. The Bertz CT molecular complexity index is 3600. The molecule has 0 aliphatic rings. The van der Waals surface area contributed by atoms with E-state index in [1.807, 2.05) is 109 Å². The summed E-state index contributed by atoms with van der Waals surface area (Å²) in [5.74, 6) is 0. The van der Waals surface area contributed by atoms with Gasteiger partial charge in [-0.05, 0) is 105 Å². The highest BCUT2D eigenvalue weighted by Crippen LogP contribution is 2.42. The van der Waals surface area contributed by atoms with Gasteiger partial charge in [0.25, 0.3) is 0 Å². The maximum Gasteiger partial charge on any atom is 0.0645 e. The average Bonchev–Trinajstić information content (AvgIpc) is 3.87. The normalized spacial score (nSPS) is 13.3. The van der Waals surface area contributed by atoms with Gasteiger partial charge in [0.05, 0.1) is 31.7 Å². The van der Waals surface area contributed by atoms with E-state index >= 15 is 0 Å². The van der Waals surface area contributed by atoms with Crippen molar-refractivity contribution in [2.24, 2.45) is 0 Å². The van der Waals surface area contributed by atoms with E-state index in [0.717, 1.165) is 60.9 Å². The molecule has 0 bridgehead atoms. The minimum atomic E-state index is -0.423. The molecule has 0 aliphatic heterocycles. The third-order valence-corrected chi connectivity index (χ3v) is 10.8. The largest absolute Gasteiger partial charge is 0.309 e. The van der Waals surface area contributed by atoms with Gasteiger partial charge in [0.15, 0.2) is 0 Å². The number of nitrogens with zero attached hydrogens (tertiary/aromatic N) is 2. The Balaban J connectivity index is 1.17. The quantitative estimate of drug-likeness (QED) is 0.162. The highest BCUT2D eigenvalue weighted by Gasteiger charge is 2.18. The van der Waals surface area contributed by atoms with Gasteiger partial charge in [-0.3, -0.25) is 0 Å². The maximum atomic E-state index is 9.91. The molecule has 0 amide bonds. The van der Waals surface area contributed by atoms with Crippen LogP contribution in [-0.2, 0) is 0 Å². The molecule has 0 N–H and O–H groups in total. The minimum absolute atomic E-state index is 0.0800. The molecule has 11 rings (SSSR count). The van der Waals surface area contributed by atoms with Gasteiger partial charge in [-0.15, -0.1) is 0 Å². The Morgan fingerprint density at radius 1 is 0.321 bits per heavy atom. The van der Waals surface area contributed by atoms with E-state index < -0.39 is 12.1 Å². The molecule has 2 aromatic heterocycles. The number of fused-ring (bicyclic) bond motifs is 6. The van der Waals surface area contributed by atoms with Crippen molar-refractivity contribution in [1.82, 2.24) is 9.13 Å². The number of benzene rings is 9. The van der Waals surface area contributed by atoms with Crippen LogP contribution in [0.15, 0.2) is 218 Å². The number of aromatic nitrogens is 2. The number of hydrogen-bond donors (Lipinski definition) is 0. The number of rotatable bonds is 6. The number of para-hydroxylation sites is 1. The monoisotopic (exact) mass is 719 g/mol. The van der Waals surface area contributed by atoms with E-state index in [4.69, 9.17) is 4.11 Å². The van der Waals surface area contributed by atoms with E-state index in [0.29, 0.717) is 11.3 Å². The Hall–Kier alpha value is -7.42. The van der Waals surface area contributed by atoms with Crippen LogP contribution in [-0.4, -0.2) is 9.13 Å². The standard InChI is InChI=1S/C54H36N2/c1-4-13-37(14-5-1)39-23-29-44(30-24-39)55-50-21-11-10-19-47(50)48-35-42(27-33-51(48)55)43-28-34-52-49(36-43)54-46(41-17-8-3-9-18-41)20-12-22-53(54)56(52)45-31-25-40(26-32-45)38-15-6-2-7-16-38/h1-36H/i10D,11D,19D,21D,27D,33D,35D. The van der Waals surface area contributed by atoms with Gasteiger partial charge in [-0.2, -0.15) is 0 Å². The zero-order chi connectivity index (χ0) is 43.1. The summed E-state index contributed by atoms with van der Waals surface area (Å²) in [7, 11) is 0. The summed E-state index contributed by atoms with van der Waals surface area (Å²) in [6.07, 6.45) is 0. The van der Waals surface area contributed by atoms with Crippen molar-refractivity contribution >= 4 is 43.6 Å². The molecule has 56 heavy (non-hydrogen) atoms. The van der Waals surface area contributed by atoms with Crippen LogP contribution < -0.4 is 0 Å². The second kappa shape index (κ2) is 13.2. The van der Waals surface area contributed by atoms with E-state index in [1.54, 1.807) is 4.57 Å². The van der Waals surface area contributed by atoms with Crippen LogP contribution in [0.5, 0.6) is 0 Å². The summed E-state index contributed by atoms with van der Waals surface area (Å²) in [4.78, 5) is 0. The van der Waals surface area contributed by atoms with Gasteiger partial charge in [-0.1, -0.05) is 158 Å². The zero-order valence-corrected chi connectivity index (χ0v) is 30.1. The third kappa shape index (κ3) is 5.26. The molecule has 11 aromatic rings. The summed E-state index contributed by atoms with van der Waals surface area (Å²) >= 11 is 0. The Kier molecular flexibility index (Phi) is 6.01. The molecule has 0 atom stereocenters. The van der Waals surface area contributed by atoms with E-state index in [9.17, 15) is 5.48 Å². The molecule has 9 aromatic carbocycles. The Morgan fingerprint density at radius 2 is 0.857 bits per heavy atom. The second-order valence-corrected chi connectivity index (χ2v) is 14.0. The van der Waals surface area contributed by atoms with Crippen molar-refractivity contribution in [2.45, 2.75) is 0 Å². The Morgan fingerprint density at radius 3 is 1.50 bits per heavy atom. The minimum Gasteiger partial charge on any atom is -0.309 e. The smallest absolute Gasteiger partial charge is 0.0645 e. The summed E-state index contributed by atoms with van der Waals surface area (Å²) in [6.45, 7) is 0. The first-order valence-electron chi connectivity index (χ1n) is 22.2. The van der Waals surface area contributed by atoms with Gasteiger partial charge in [0.2, 0.25) is 0 Å². The summed E-state index contributed by atoms with van der Waals surface area (Å²) in [5.41, 5.74) is 10.8. The summed E-state index contributed by atoms with van der Waals surface area (Å²) in [6, 6.07) is 56.8. The SMILES string of the molecule is [2H]c1c([2H])c([2H])c2c(c1[2H])c1c([2H])c(-c3ccc4c(c3)c3c(-c5ccccc5)cccc3n4-c3ccc(-c4ccccc4)cc3)c([2H])c([2H])c1n2-c1ccc(-c2ccccc2)cc1. The Labute approximate surface area is 335 Å². The molecule has 262 valence electrons. The van der Waals surface area contributed by atoms with Crippen molar-refractivity contribution in [1.29, 1.82) is 0 Å². The molecule has 0 radical (unpaired) electrons. The van der Waals surface area contributed by atoms with Crippen molar-refractivity contribution in [3.8, 4) is 55.9 Å². The molecule has 0 fully saturated rings. The molecule has 2 heterocycles. The fourth-order valence-electron chi connectivity index (χ4n) is 8.15. The first-order chi connectivity index (χ1) is 30.7. The van der Waals surface area contributed by atoms with Crippen LogP contribution in [0.25, 0.3) is 99.5 Å². The van der Waals surface area contributed by atoms with Gasteiger partial charge in [0.1, 0.15) is 0 Å². The second-order valence-electron chi connectivity index (χ2n) is 14.0. The molecular weight excluding hydrogens is 677 g/mol. The lowest BCUT2D eigenvalue weighted by Gasteiger charge is -2.11. The molecule has 2 nitrogen and oxygen atoms in total. The van der Waals surface area contributed by atoms with Crippen LogP contribution in [0.4, 0.5) is 0 Å². The highest BCUT2D eigenvalue weighted by molar-refractivity contribution is 6.17. The first-order valence-corrected chi connectivity index (χ1v) is 18.7. The summed E-state index contributed by atoms with van der Waals surface area (Å²) < 4.78 is 68.7. The lowest BCUT2D eigenvalue weighted by Crippen LogP contribution is -1.94. The fourth-order valence-corrected chi connectivity index (χ4v) is 8.15. The average molecular weight is 720 g/mol. The maximum absolute atomic E-state index is 9.91. The van der Waals surface area contributed by atoms with Crippen molar-refractivity contribution in [2.75, 3.05) is 0 Å². The number of hydrogen-bond acceptors (Lipinski definition) is 0. The summed E-state index contributed by atoms with van der Waals surface area (Å²) in [5, 5.41) is 2.25. The van der Waals surface area contributed by atoms with Crippen LogP contribution in [0.3, 0.4) is 0 Å². The molecule has 0 unspecified atom stereocenters. The van der Waals surface area contributed by atoms with Crippen molar-refractivity contribution in [3.63, 3.8) is 0 Å².